The van der Waals surface area contributed by atoms with Gasteiger partial charge in [0.25, 0.3) is 0 Å². The molecule has 11 nitrogen and oxygen atoms in total. The van der Waals surface area contributed by atoms with E-state index in [1.807, 2.05) is 0 Å². The summed E-state index contributed by atoms with van der Waals surface area (Å²) < 4.78 is 0. The summed E-state index contributed by atoms with van der Waals surface area (Å²) in [5.74, 6) is 0. The zero-order valence-corrected chi connectivity index (χ0v) is 19.8. The number of nitrogens with two attached hydrogens (primary N) is 3. The molecule has 0 heterocycles. The summed E-state index contributed by atoms with van der Waals surface area (Å²) in [4.78, 5) is 2.50. The van der Waals surface area contributed by atoms with Crippen LogP contribution in [0.3, 0.4) is 0 Å². The molecule has 0 aliphatic carbocycles. The molecule has 0 aliphatic heterocycles. The third-order valence-electron chi connectivity index (χ3n) is 4.69. The Labute approximate surface area is 190 Å². The van der Waals surface area contributed by atoms with Gasteiger partial charge in [-0.15, -0.1) is 0 Å². The maximum atomic E-state index is 5.56. The fourth-order valence-corrected chi connectivity index (χ4v) is 2.94. The van der Waals surface area contributed by atoms with Gasteiger partial charge in [-0.2, -0.15) is 0 Å². The second kappa shape index (κ2) is 27.6. The largest absolute Gasteiger partial charge is 0.329 e. The van der Waals surface area contributed by atoms with Crippen molar-refractivity contribution in [2.75, 3.05) is 131 Å². The maximum Gasteiger partial charge on any atom is 0.0108 e. The van der Waals surface area contributed by atoms with Gasteiger partial charge in [0.05, 0.1) is 0 Å². The second-order valence-electron chi connectivity index (χ2n) is 7.46. The Kier molecular flexibility index (Phi) is 27.2. The minimum Gasteiger partial charge on any atom is -0.329 e. The molecular weight excluding hydrogens is 394 g/mol. The van der Waals surface area contributed by atoms with Crippen LogP contribution in [0.2, 0.25) is 0 Å². The van der Waals surface area contributed by atoms with Crippen LogP contribution in [-0.4, -0.2) is 136 Å². The van der Waals surface area contributed by atoms with Crippen molar-refractivity contribution in [2.45, 2.75) is 0 Å². The summed E-state index contributed by atoms with van der Waals surface area (Å²) in [7, 11) is 0. The average molecular weight is 448 g/mol. The van der Waals surface area contributed by atoms with Gasteiger partial charge >= 0.3 is 0 Å². The quantitative estimate of drug-likeness (QED) is 0.0550. The molecule has 0 aromatic heterocycles. The van der Waals surface area contributed by atoms with Crippen molar-refractivity contribution in [2.24, 2.45) is 17.2 Å². The summed E-state index contributed by atoms with van der Waals surface area (Å²) in [6.07, 6.45) is 0. The van der Waals surface area contributed by atoms with Crippen LogP contribution in [0.1, 0.15) is 0 Å². The first-order valence-corrected chi connectivity index (χ1v) is 12.1. The van der Waals surface area contributed by atoms with Gasteiger partial charge in [0.15, 0.2) is 0 Å². The zero-order chi connectivity index (χ0) is 22.7. The summed E-state index contributed by atoms with van der Waals surface area (Å²) >= 11 is 0. The Hall–Kier alpha value is -0.440. The van der Waals surface area contributed by atoms with E-state index in [1.165, 1.54) is 0 Å². The minimum absolute atomic E-state index is 0.687. The molecule has 0 saturated carbocycles. The van der Waals surface area contributed by atoms with Crippen molar-refractivity contribution >= 4 is 0 Å². The molecule has 0 fully saturated rings. The monoisotopic (exact) mass is 447 g/mol. The van der Waals surface area contributed by atoms with Gasteiger partial charge in [0, 0.05) is 131 Å². The fourth-order valence-electron chi connectivity index (χ4n) is 2.94. The first-order valence-electron chi connectivity index (χ1n) is 12.1. The van der Waals surface area contributed by atoms with E-state index in [-0.39, 0.29) is 0 Å². The Bertz CT molecular complexity index is 300. The average Bonchev–Trinajstić information content (AvgIpc) is 2.78. The lowest BCUT2D eigenvalue weighted by atomic mass is 10.4. The zero-order valence-electron chi connectivity index (χ0n) is 19.8. The lowest BCUT2D eigenvalue weighted by molar-refractivity contribution is 0.272. The van der Waals surface area contributed by atoms with E-state index in [1.54, 1.807) is 0 Å². The standard InChI is InChI=1S/C20H53N11/c21-1-4-24-7-9-27-11-13-29-16-19-31(18-15-26-6-3-23)20-17-30-14-12-28-10-8-25-5-2-22/h24-30H,1-23H2. The molecule has 11 heteroatoms. The molecule has 0 unspecified atom stereocenters. The van der Waals surface area contributed by atoms with Gasteiger partial charge in [-0.3, -0.25) is 4.90 Å². The van der Waals surface area contributed by atoms with Crippen LogP contribution >= 0.6 is 0 Å². The minimum atomic E-state index is 0.687. The molecule has 0 aromatic carbocycles. The number of nitrogens with zero attached hydrogens (tertiary/aromatic N) is 1. The molecule has 0 bridgehead atoms. The van der Waals surface area contributed by atoms with Crippen LogP contribution in [-0.2, 0) is 0 Å². The molecule has 0 amide bonds. The molecule has 0 rings (SSSR count). The predicted octanol–water partition coefficient (Wildman–Crippen LogP) is -4.71. The molecular formula is C20H53N11. The molecule has 0 radical (unpaired) electrons. The third-order valence-corrected chi connectivity index (χ3v) is 4.69. The Morgan fingerprint density at radius 3 is 0.839 bits per heavy atom. The summed E-state index contributed by atoms with van der Waals surface area (Å²) in [5.41, 5.74) is 16.5. The molecule has 0 atom stereocenters. The highest BCUT2D eigenvalue weighted by Gasteiger charge is 2.04. The van der Waals surface area contributed by atoms with Gasteiger partial charge in [0.2, 0.25) is 0 Å². The number of rotatable bonds is 27. The topological polar surface area (TPSA) is 166 Å². The maximum absolute atomic E-state index is 5.56. The van der Waals surface area contributed by atoms with Crippen LogP contribution in [0.4, 0.5) is 0 Å². The van der Waals surface area contributed by atoms with E-state index in [2.05, 4.69) is 42.1 Å². The van der Waals surface area contributed by atoms with E-state index < -0.39 is 0 Å². The van der Waals surface area contributed by atoms with E-state index in [9.17, 15) is 0 Å². The van der Waals surface area contributed by atoms with Crippen LogP contribution in [0.25, 0.3) is 0 Å². The van der Waals surface area contributed by atoms with E-state index in [0.29, 0.717) is 19.6 Å². The highest BCUT2D eigenvalue weighted by molar-refractivity contribution is 4.65. The third kappa shape index (κ3) is 25.7. The Morgan fingerprint density at radius 2 is 0.548 bits per heavy atom. The van der Waals surface area contributed by atoms with Gasteiger partial charge < -0.3 is 54.4 Å². The fraction of sp³-hybridized carbons (Fsp3) is 1.00. The molecule has 0 spiro atoms. The molecule has 0 aromatic rings. The van der Waals surface area contributed by atoms with Crippen molar-refractivity contribution in [3.63, 3.8) is 0 Å². The number of hydrogen-bond donors (Lipinski definition) is 10. The number of nitrogens with one attached hydrogen (secondary N) is 7. The van der Waals surface area contributed by atoms with Gasteiger partial charge in [-0.05, 0) is 0 Å². The Morgan fingerprint density at radius 1 is 0.323 bits per heavy atom. The van der Waals surface area contributed by atoms with Gasteiger partial charge in [0.1, 0.15) is 0 Å². The van der Waals surface area contributed by atoms with E-state index in [0.717, 1.165) is 111 Å². The SMILES string of the molecule is NCCNCCNCCNCCN(CCNCCN)CCNCCNCCNCCN. The van der Waals surface area contributed by atoms with Crippen LogP contribution < -0.4 is 54.4 Å². The van der Waals surface area contributed by atoms with Gasteiger partial charge in [-0.1, -0.05) is 0 Å². The molecule has 31 heavy (non-hydrogen) atoms. The highest BCUT2D eigenvalue weighted by atomic mass is 15.2. The molecule has 0 aliphatic rings. The van der Waals surface area contributed by atoms with Crippen molar-refractivity contribution in [1.29, 1.82) is 0 Å². The highest BCUT2D eigenvalue weighted by Crippen LogP contribution is 1.86. The molecule has 0 saturated heterocycles. The Balaban J connectivity index is 3.68. The van der Waals surface area contributed by atoms with Crippen molar-refractivity contribution in [3.05, 3.63) is 0 Å². The van der Waals surface area contributed by atoms with Crippen molar-refractivity contribution in [1.82, 2.24) is 42.1 Å². The van der Waals surface area contributed by atoms with Crippen molar-refractivity contribution < 1.29 is 0 Å². The van der Waals surface area contributed by atoms with Crippen molar-refractivity contribution in [3.8, 4) is 0 Å². The first-order chi connectivity index (χ1) is 15.3. The van der Waals surface area contributed by atoms with Crippen LogP contribution in [0.15, 0.2) is 0 Å². The second-order valence-corrected chi connectivity index (χ2v) is 7.46. The summed E-state index contributed by atoms with van der Waals surface area (Å²) in [6.45, 7) is 18.7. The molecule has 13 N–H and O–H groups in total. The molecule has 188 valence electrons. The smallest absolute Gasteiger partial charge is 0.0108 e. The number of hydrogen-bond acceptors (Lipinski definition) is 11. The lowest BCUT2D eigenvalue weighted by Gasteiger charge is -2.23. The summed E-state index contributed by atoms with van der Waals surface area (Å²) in [5, 5.41) is 23.9. The van der Waals surface area contributed by atoms with Crippen LogP contribution in [0, 0.1) is 0 Å². The van der Waals surface area contributed by atoms with Gasteiger partial charge in [-0.25, -0.2) is 0 Å². The first kappa shape index (κ1) is 30.6. The van der Waals surface area contributed by atoms with E-state index >= 15 is 0 Å². The van der Waals surface area contributed by atoms with E-state index in [4.69, 9.17) is 17.2 Å². The van der Waals surface area contributed by atoms with Crippen LogP contribution in [0.5, 0.6) is 0 Å². The predicted molar refractivity (Wildman–Crippen MR) is 134 cm³/mol. The normalized spacial score (nSPS) is 11.6. The lowest BCUT2D eigenvalue weighted by Crippen LogP contribution is -2.42. The summed E-state index contributed by atoms with van der Waals surface area (Å²) in [6, 6.07) is 0.